The third kappa shape index (κ3) is 4.76. The minimum Gasteiger partial charge on any atom is -0.496 e. The molecule has 0 unspecified atom stereocenters. The molecule has 2 aromatic carbocycles. The highest BCUT2D eigenvalue weighted by Gasteiger charge is 2.22. The second kappa shape index (κ2) is 9.17. The normalized spacial score (nSPS) is 13.5. The van der Waals surface area contributed by atoms with E-state index in [4.69, 9.17) is 9.47 Å². The number of nitrogens with zero attached hydrogens (tertiary/aromatic N) is 1. The van der Waals surface area contributed by atoms with Crippen molar-refractivity contribution in [3.05, 3.63) is 59.7 Å². The van der Waals surface area contributed by atoms with Crippen LogP contribution in [0.3, 0.4) is 0 Å². The van der Waals surface area contributed by atoms with Gasteiger partial charge >= 0.3 is 5.97 Å². The summed E-state index contributed by atoms with van der Waals surface area (Å²) in [6.07, 6.45) is 1.99. The van der Waals surface area contributed by atoms with Crippen LogP contribution in [0.4, 0.5) is 5.69 Å². The van der Waals surface area contributed by atoms with Gasteiger partial charge in [-0.2, -0.15) is 0 Å². The summed E-state index contributed by atoms with van der Waals surface area (Å²) in [7, 11) is 1.58. The number of ketones is 1. The Hall–Kier alpha value is -3.15. The number of carbonyl (C=O) groups excluding carboxylic acids is 3. The maximum atomic E-state index is 12.4. The predicted octanol–water partition coefficient (Wildman–Crippen LogP) is 3.18. The van der Waals surface area contributed by atoms with Crippen LogP contribution in [0, 0.1) is 0 Å². The first-order chi connectivity index (χ1) is 13.6. The topological polar surface area (TPSA) is 72.9 Å². The second-order valence-corrected chi connectivity index (χ2v) is 6.59. The van der Waals surface area contributed by atoms with Gasteiger partial charge in [0.1, 0.15) is 5.75 Å². The molecule has 146 valence electrons. The SMILES string of the molecule is COc1ccccc1CCC(=O)OCC(=O)c1cccc(N2CCCC2=O)c1. The fourth-order valence-electron chi connectivity index (χ4n) is 3.22. The highest BCUT2D eigenvalue weighted by atomic mass is 16.5. The molecule has 1 heterocycles. The number of Topliss-reactive ketones (excluding diaryl/α,β-unsaturated/α-hetero) is 1. The molecular weight excluding hydrogens is 358 g/mol. The number of benzene rings is 2. The lowest BCUT2D eigenvalue weighted by atomic mass is 10.1. The molecule has 2 aromatic rings. The Kier molecular flexibility index (Phi) is 6.42. The summed E-state index contributed by atoms with van der Waals surface area (Å²) in [4.78, 5) is 37.9. The van der Waals surface area contributed by atoms with Crippen molar-refractivity contribution < 1.29 is 23.9 Å². The van der Waals surface area contributed by atoms with Crippen LogP contribution in [0.2, 0.25) is 0 Å². The average molecular weight is 381 g/mol. The van der Waals surface area contributed by atoms with Gasteiger partial charge in [-0.3, -0.25) is 14.4 Å². The lowest BCUT2D eigenvalue weighted by molar-refractivity contribution is -0.142. The van der Waals surface area contributed by atoms with Crippen LogP contribution in [0.15, 0.2) is 48.5 Å². The van der Waals surface area contributed by atoms with Crippen LogP contribution in [0.1, 0.15) is 35.2 Å². The summed E-state index contributed by atoms with van der Waals surface area (Å²) in [5, 5.41) is 0. The predicted molar refractivity (Wildman–Crippen MR) is 105 cm³/mol. The molecule has 0 aromatic heterocycles. The molecule has 1 amide bonds. The van der Waals surface area contributed by atoms with Crippen molar-refractivity contribution in [2.24, 2.45) is 0 Å². The second-order valence-electron chi connectivity index (χ2n) is 6.59. The molecule has 0 bridgehead atoms. The highest BCUT2D eigenvalue weighted by molar-refractivity contribution is 6.01. The quantitative estimate of drug-likeness (QED) is 0.519. The Bertz CT molecular complexity index is 877. The van der Waals surface area contributed by atoms with E-state index in [9.17, 15) is 14.4 Å². The molecule has 0 N–H and O–H groups in total. The monoisotopic (exact) mass is 381 g/mol. The largest absolute Gasteiger partial charge is 0.496 e. The van der Waals surface area contributed by atoms with Gasteiger partial charge in [-0.15, -0.1) is 0 Å². The van der Waals surface area contributed by atoms with E-state index in [2.05, 4.69) is 0 Å². The number of rotatable bonds is 8. The van der Waals surface area contributed by atoms with Gasteiger partial charge in [-0.1, -0.05) is 30.3 Å². The standard InChI is InChI=1S/C22H23NO5/c1-27-20-9-3-2-6-16(20)11-12-22(26)28-15-19(24)17-7-4-8-18(14-17)23-13-5-10-21(23)25/h2-4,6-9,14H,5,10-13,15H2,1H3. The van der Waals surface area contributed by atoms with E-state index in [0.29, 0.717) is 30.6 Å². The number of amides is 1. The zero-order valence-corrected chi connectivity index (χ0v) is 15.8. The number of anilines is 1. The van der Waals surface area contributed by atoms with Crippen molar-refractivity contribution in [1.29, 1.82) is 0 Å². The van der Waals surface area contributed by atoms with E-state index in [1.165, 1.54) is 0 Å². The number of hydrogen-bond acceptors (Lipinski definition) is 5. The number of methoxy groups -OCH3 is 1. The first-order valence-corrected chi connectivity index (χ1v) is 9.29. The molecule has 1 aliphatic heterocycles. The number of hydrogen-bond donors (Lipinski definition) is 0. The zero-order valence-electron chi connectivity index (χ0n) is 15.8. The van der Waals surface area contributed by atoms with Crippen LogP contribution in [0.5, 0.6) is 5.75 Å². The fraction of sp³-hybridized carbons (Fsp3) is 0.318. The Morgan fingerprint density at radius 1 is 1.11 bits per heavy atom. The van der Waals surface area contributed by atoms with Gasteiger partial charge in [0.15, 0.2) is 12.4 Å². The smallest absolute Gasteiger partial charge is 0.306 e. The molecule has 1 fully saturated rings. The van der Waals surface area contributed by atoms with Crippen molar-refractivity contribution in [2.75, 3.05) is 25.2 Å². The third-order valence-electron chi connectivity index (χ3n) is 4.71. The lowest BCUT2D eigenvalue weighted by Crippen LogP contribution is -2.24. The number of esters is 1. The molecule has 0 saturated carbocycles. The van der Waals surface area contributed by atoms with Crippen LogP contribution in [-0.2, 0) is 20.7 Å². The maximum absolute atomic E-state index is 12.4. The average Bonchev–Trinajstić information content (AvgIpc) is 3.16. The fourth-order valence-corrected chi connectivity index (χ4v) is 3.22. The summed E-state index contributed by atoms with van der Waals surface area (Å²) in [6, 6.07) is 14.3. The molecule has 0 aliphatic carbocycles. The van der Waals surface area contributed by atoms with Gasteiger partial charge in [0.05, 0.1) is 7.11 Å². The Morgan fingerprint density at radius 3 is 2.68 bits per heavy atom. The van der Waals surface area contributed by atoms with E-state index in [0.717, 1.165) is 17.7 Å². The highest BCUT2D eigenvalue weighted by Crippen LogP contribution is 2.22. The van der Waals surface area contributed by atoms with Crippen molar-refractivity contribution in [3.8, 4) is 5.75 Å². The Morgan fingerprint density at radius 2 is 1.93 bits per heavy atom. The molecule has 1 aliphatic rings. The molecule has 0 radical (unpaired) electrons. The summed E-state index contributed by atoms with van der Waals surface area (Å²) >= 11 is 0. The van der Waals surface area contributed by atoms with Crippen molar-refractivity contribution in [1.82, 2.24) is 0 Å². The number of aryl methyl sites for hydroxylation is 1. The van der Waals surface area contributed by atoms with Crippen LogP contribution < -0.4 is 9.64 Å². The Labute approximate surface area is 164 Å². The minimum absolute atomic E-state index is 0.0624. The molecule has 28 heavy (non-hydrogen) atoms. The zero-order chi connectivity index (χ0) is 19.9. The van der Waals surface area contributed by atoms with Gasteiger partial charge in [-0.25, -0.2) is 0 Å². The first-order valence-electron chi connectivity index (χ1n) is 9.29. The van der Waals surface area contributed by atoms with Crippen molar-refractivity contribution >= 4 is 23.3 Å². The Balaban J connectivity index is 1.52. The molecule has 6 nitrogen and oxygen atoms in total. The summed E-state index contributed by atoms with van der Waals surface area (Å²) in [6.45, 7) is 0.344. The van der Waals surface area contributed by atoms with Crippen molar-refractivity contribution in [2.45, 2.75) is 25.7 Å². The van der Waals surface area contributed by atoms with Gasteiger partial charge in [0, 0.05) is 30.6 Å². The molecule has 6 heteroatoms. The molecule has 0 spiro atoms. The maximum Gasteiger partial charge on any atom is 0.306 e. The molecular formula is C22H23NO5. The molecule has 3 rings (SSSR count). The third-order valence-corrected chi connectivity index (χ3v) is 4.71. The summed E-state index contributed by atoms with van der Waals surface area (Å²) in [5.74, 6) is 0.0521. The number of para-hydroxylation sites is 1. The van der Waals surface area contributed by atoms with E-state index < -0.39 is 5.97 Å². The van der Waals surface area contributed by atoms with Crippen LogP contribution >= 0.6 is 0 Å². The van der Waals surface area contributed by atoms with E-state index in [1.54, 1.807) is 36.3 Å². The van der Waals surface area contributed by atoms with E-state index >= 15 is 0 Å². The number of ether oxygens (including phenoxy) is 2. The van der Waals surface area contributed by atoms with E-state index in [-0.39, 0.29) is 24.7 Å². The van der Waals surface area contributed by atoms with E-state index in [1.807, 2.05) is 24.3 Å². The summed E-state index contributed by atoms with van der Waals surface area (Å²) < 4.78 is 10.4. The molecule has 0 atom stereocenters. The van der Waals surface area contributed by atoms with Crippen LogP contribution in [-0.4, -0.2) is 37.9 Å². The van der Waals surface area contributed by atoms with Gasteiger partial charge in [0.25, 0.3) is 0 Å². The lowest BCUT2D eigenvalue weighted by Gasteiger charge is -2.16. The van der Waals surface area contributed by atoms with Gasteiger partial charge < -0.3 is 14.4 Å². The first kappa shape index (κ1) is 19.6. The van der Waals surface area contributed by atoms with Crippen molar-refractivity contribution in [3.63, 3.8) is 0 Å². The van der Waals surface area contributed by atoms with Crippen LogP contribution in [0.25, 0.3) is 0 Å². The number of carbonyl (C=O) groups is 3. The van der Waals surface area contributed by atoms with Gasteiger partial charge in [-0.05, 0) is 36.6 Å². The van der Waals surface area contributed by atoms with Gasteiger partial charge in [0.2, 0.25) is 5.91 Å². The minimum atomic E-state index is -0.440. The molecule has 1 saturated heterocycles. The summed E-state index contributed by atoms with van der Waals surface area (Å²) in [5.41, 5.74) is 2.04.